The van der Waals surface area contributed by atoms with Gasteiger partial charge in [-0.2, -0.15) is 0 Å². The number of ether oxygens (including phenoxy) is 2. The largest absolute Gasteiger partial charge is 0.506 e. The van der Waals surface area contributed by atoms with Gasteiger partial charge in [-0.15, -0.1) is 6.42 Å². The van der Waals surface area contributed by atoms with Gasteiger partial charge in [0.15, 0.2) is 13.2 Å². The third-order valence-corrected chi connectivity index (χ3v) is 7.67. The molecule has 2 aromatic rings. The highest BCUT2D eigenvalue weighted by Crippen LogP contribution is 2.60. The van der Waals surface area contributed by atoms with Crippen molar-refractivity contribution in [2.45, 2.75) is 43.9 Å². The first-order valence-electron chi connectivity index (χ1n) is 11.9. The number of phenols is 1. The molecular formula is C28H29NO5. The fraction of sp³-hybridized carbons (Fsp3) is 0.429. The van der Waals surface area contributed by atoms with Crippen molar-refractivity contribution in [3.05, 3.63) is 53.6 Å². The summed E-state index contributed by atoms with van der Waals surface area (Å²) in [6.45, 7) is -0.376. The predicted molar refractivity (Wildman–Crippen MR) is 128 cm³/mol. The molecule has 0 aliphatic heterocycles. The van der Waals surface area contributed by atoms with Gasteiger partial charge in [-0.3, -0.25) is 4.79 Å². The number of aromatic hydroxyl groups is 1. The van der Waals surface area contributed by atoms with Crippen molar-refractivity contribution in [3.8, 4) is 23.8 Å². The molecular weight excluding hydrogens is 430 g/mol. The van der Waals surface area contributed by atoms with Crippen LogP contribution in [-0.4, -0.2) is 30.2 Å². The monoisotopic (exact) mass is 459 g/mol. The Kier molecular flexibility index (Phi) is 5.95. The van der Waals surface area contributed by atoms with Gasteiger partial charge in [0.1, 0.15) is 11.5 Å². The molecule has 34 heavy (non-hydrogen) atoms. The van der Waals surface area contributed by atoms with Gasteiger partial charge in [0, 0.05) is 0 Å². The number of phenolic OH excluding ortho intramolecular Hbond substituents is 1. The average molecular weight is 460 g/mol. The van der Waals surface area contributed by atoms with Gasteiger partial charge in [0.05, 0.1) is 11.3 Å². The normalized spacial score (nSPS) is 26.5. The minimum atomic E-state index is -0.635. The van der Waals surface area contributed by atoms with E-state index in [1.807, 2.05) is 12.1 Å². The molecule has 0 radical (unpaired) electrons. The molecule has 2 N–H and O–H groups in total. The molecule has 1 amide bonds. The molecule has 0 heterocycles. The Morgan fingerprint density at radius 1 is 1.03 bits per heavy atom. The first kappa shape index (κ1) is 22.3. The molecule has 4 saturated carbocycles. The van der Waals surface area contributed by atoms with Gasteiger partial charge >= 0.3 is 5.97 Å². The fourth-order valence-corrected chi connectivity index (χ4v) is 6.66. The second-order valence-corrected chi connectivity index (χ2v) is 10.1. The number of hydrogen-bond donors (Lipinski definition) is 2. The number of terminal acetylenes is 1. The highest BCUT2D eigenvalue weighted by molar-refractivity contribution is 5.96. The van der Waals surface area contributed by atoms with E-state index in [4.69, 9.17) is 15.9 Å². The average Bonchev–Trinajstić information content (AvgIpc) is 2.82. The standard InChI is InChI=1S/C28H29NO5/c1-2-9-33-27(32)21-3-8-25(30)24(13-21)29-26(31)17-34-23-6-4-22(5-7-23)28-14-18-10-19(15-28)12-20(11-18)16-28/h1,3-8,13,18-20,30H,9-12,14-17H2,(H,29,31). The molecule has 4 fully saturated rings. The third-order valence-electron chi connectivity index (χ3n) is 7.67. The van der Waals surface area contributed by atoms with Gasteiger partial charge in [0.2, 0.25) is 0 Å². The molecule has 0 aromatic heterocycles. The van der Waals surface area contributed by atoms with Crippen LogP contribution < -0.4 is 10.1 Å². The number of rotatable bonds is 7. The van der Waals surface area contributed by atoms with Crippen molar-refractivity contribution >= 4 is 17.6 Å². The zero-order valence-corrected chi connectivity index (χ0v) is 19.1. The fourth-order valence-electron chi connectivity index (χ4n) is 6.66. The molecule has 6 nitrogen and oxygen atoms in total. The lowest BCUT2D eigenvalue weighted by molar-refractivity contribution is -0.118. The number of carbonyl (C=O) groups is 2. The van der Waals surface area contributed by atoms with Crippen molar-refractivity contribution in [2.75, 3.05) is 18.5 Å². The lowest BCUT2D eigenvalue weighted by atomic mass is 9.48. The van der Waals surface area contributed by atoms with Gasteiger partial charge in [-0.25, -0.2) is 4.79 Å². The van der Waals surface area contributed by atoms with Crippen LogP contribution in [0.15, 0.2) is 42.5 Å². The Bertz CT molecular complexity index is 1100. The summed E-state index contributed by atoms with van der Waals surface area (Å²) in [6, 6.07) is 12.3. The highest BCUT2D eigenvalue weighted by atomic mass is 16.5. The summed E-state index contributed by atoms with van der Waals surface area (Å²) >= 11 is 0. The van der Waals surface area contributed by atoms with Crippen LogP contribution in [0, 0.1) is 30.1 Å². The topological polar surface area (TPSA) is 84.9 Å². The number of esters is 1. The number of benzene rings is 2. The van der Waals surface area contributed by atoms with Crippen LogP contribution in [-0.2, 0) is 14.9 Å². The van der Waals surface area contributed by atoms with Gasteiger partial charge in [0.25, 0.3) is 5.91 Å². The number of anilines is 1. The molecule has 4 aliphatic rings. The quantitative estimate of drug-likeness (QED) is 0.357. The SMILES string of the molecule is C#CCOC(=O)c1ccc(O)c(NC(=O)COc2ccc(C34CC5CC(CC(C5)C3)C4)cc2)c1. The molecule has 0 saturated heterocycles. The van der Waals surface area contributed by atoms with Crippen molar-refractivity contribution in [1.29, 1.82) is 0 Å². The number of nitrogens with one attached hydrogen (secondary N) is 1. The Morgan fingerprint density at radius 3 is 2.29 bits per heavy atom. The third kappa shape index (κ3) is 4.48. The van der Waals surface area contributed by atoms with Crippen LogP contribution >= 0.6 is 0 Å². The molecule has 4 bridgehead atoms. The molecule has 0 atom stereocenters. The van der Waals surface area contributed by atoms with Crippen LogP contribution in [0.4, 0.5) is 5.69 Å². The minimum Gasteiger partial charge on any atom is -0.506 e. The van der Waals surface area contributed by atoms with E-state index < -0.39 is 11.9 Å². The molecule has 0 unspecified atom stereocenters. The molecule has 6 heteroatoms. The van der Waals surface area contributed by atoms with E-state index in [0.29, 0.717) is 11.2 Å². The van der Waals surface area contributed by atoms with Crippen LogP contribution in [0.1, 0.15) is 54.4 Å². The van der Waals surface area contributed by atoms with E-state index in [2.05, 4.69) is 23.4 Å². The van der Waals surface area contributed by atoms with Crippen LogP contribution in [0.25, 0.3) is 0 Å². The Morgan fingerprint density at radius 2 is 1.68 bits per heavy atom. The highest BCUT2D eigenvalue weighted by Gasteiger charge is 2.51. The molecule has 4 aliphatic carbocycles. The zero-order chi connectivity index (χ0) is 23.7. The van der Waals surface area contributed by atoms with Crippen molar-refractivity contribution < 1.29 is 24.2 Å². The van der Waals surface area contributed by atoms with Gasteiger partial charge < -0.3 is 19.9 Å². The second kappa shape index (κ2) is 9.06. The number of hydrogen-bond acceptors (Lipinski definition) is 5. The van der Waals surface area contributed by atoms with Crippen LogP contribution in [0.3, 0.4) is 0 Å². The summed E-state index contributed by atoms with van der Waals surface area (Å²) in [7, 11) is 0. The predicted octanol–water partition coefficient (Wildman–Crippen LogP) is 4.67. The summed E-state index contributed by atoms with van der Waals surface area (Å²) in [5.41, 5.74) is 2.00. The van der Waals surface area contributed by atoms with Crippen LogP contribution in [0.5, 0.6) is 11.5 Å². The summed E-state index contributed by atoms with van der Waals surface area (Å²) < 4.78 is 10.6. The Balaban J connectivity index is 1.18. The van der Waals surface area contributed by atoms with E-state index >= 15 is 0 Å². The van der Waals surface area contributed by atoms with Crippen LogP contribution in [0.2, 0.25) is 0 Å². The maximum Gasteiger partial charge on any atom is 0.339 e. The first-order valence-corrected chi connectivity index (χ1v) is 11.9. The molecule has 176 valence electrons. The molecule has 0 spiro atoms. The number of carbonyl (C=O) groups excluding carboxylic acids is 2. The summed E-state index contributed by atoms with van der Waals surface area (Å²) in [5, 5.41) is 12.6. The van der Waals surface area contributed by atoms with E-state index in [1.165, 1.54) is 62.3 Å². The maximum atomic E-state index is 12.4. The van der Waals surface area contributed by atoms with Crippen molar-refractivity contribution in [1.82, 2.24) is 0 Å². The van der Waals surface area contributed by atoms with E-state index in [9.17, 15) is 14.7 Å². The van der Waals surface area contributed by atoms with E-state index in [-0.39, 0.29) is 30.2 Å². The first-order chi connectivity index (χ1) is 16.4. The van der Waals surface area contributed by atoms with Crippen molar-refractivity contribution in [3.63, 3.8) is 0 Å². The molecule has 2 aromatic carbocycles. The lowest BCUT2D eigenvalue weighted by Crippen LogP contribution is -2.48. The Hall–Kier alpha value is -3.46. The second-order valence-electron chi connectivity index (χ2n) is 10.1. The van der Waals surface area contributed by atoms with Gasteiger partial charge in [-0.05, 0) is 97.6 Å². The van der Waals surface area contributed by atoms with Gasteiger partial charge in [-0.1, -0.05) is 18.1 Å². The maximum absolute atomic E-state index is 12.4. The summed E-state index contributed by atoms with van der Waals surface area (Å²) in [5.74, 6) is 4.26. The van der Waals surface area contributed by atoms with E-state index in [0.717, 1.165) is 17.8 Å². The lowest BCUT2D eigenvalue weighted by Gasteiger charge is -2.57. The molecule has 6 rings (SSSR count). The smallest absolute Gasteiger partial charge is 0.339 e. The van der Waals surface area contributed by atoms with Crippen molar-refractivity contribution in [2.24, 2.45) is 17.8 Å². The zero-order valence-electron chi connectivity index (χ0n) is 19.1. The summed E-state index contributed by atoms with van der Waals surface area (Å²) in [6.07, 6.45) is 13.3. The minimum absolute atomic E-state index is 0.0981. The Labute approximate surface area is 199 Å². The van der Waals surface area contributed by atoms with E-state index in [1.54, 1.807) is 0 Å². The summed E-state index contributed by atoms with van der Waals surface area (Å²) in [4.78, 5) is 24.4. The number of amides is 1.